The molecule has 5 heteroatoms. The fourth-order valence-corrected chi connectivity index (χ4v) is 3.22. The van der Waals surface area contributed by atoms with Crippen molar-refractivity contribution < 1.29 is 14.7 Å². The number of hydrogen-bond acceptors (Lipinski definition) is 2. The maximum absolute atomic E-state index is 12.6. The predicted molar refractivity (Wildman–Crippen MR) is 92.8 cm³/mol. The van der Waals surface area contributed by atoms with Gasteiger partial charge in [0.2, 0.25) is 5.91 Å². The highest BCUT2D eigenvalue weighted by atomic mass is 16.4. The second kappa shape index (κ2) is 6.67. The molecule has 0 spiro atoms. The quantitative estimate of drug-likeness (QED) is 0.850. The number of fused-ring (bicyclic) bond motifs is 1. The molecular weight excluding hydrogens is 304 g/mol. The van der Waals surface area contributed by atoms with Crippen LogP contribution < -0.4 is 0 Å². The Morgan fingerprint density at radius 3 is 2.71 bits per heavy atom. The summed E-state index contributed by atoms with van der Waals surface area (Å²) in [4.78, 5) is 25.5. The smallest absolute Gasteiger partial charge is 0.308 e. The standard InChI is InChI=1S/C19H24N2O3/c1-13(19(23)24)11-21(15-8-9-15)18(22)10-7-14-12-20(2)17-6-4-3-5-16(14)17/h3-6,12-13,15H,7-11H2,1-2H3,(H,23,24). The van der Waals surface area contributed by atoms with E-state index in [1.807, 2.05) is 19.2 Å². The molecule has 1 N–H and O–H groups in total. The third-order valence-electron chi connectivity index (χ3n) is 4.79. The van der Waals surface area contributed by atoms with E-state index in [1.165, 1.54) is 16.5 Å². The molecule has 1 aliphatic rings. The molecule has 128 valence electrons. The van der Waals surface area contributed by atoms with Crippen LogP contribution in [0.5, 0.6) is 0 Å². The van der Waals surface area contributed by atoms with Gasteiger partial charge in [0.15, 0.2) is 0 Å². The van der Waals surface area contributed by atoms with Crippen LogP contribution in [0.1, 0.15) is 31.7 Å². The third kappa shape index (κ3) is 3.45. The summed E-state index contributed by atoms with van der Waals surface area (Å²) in [6, 6.07) is 8.43. The zero-order valence-electron chi connectivity index (χ0n) is 14.2. The van der Waals surface area contributed by atoms with Crippen molar-refractivity contribution in [3.05, 3.63) is 36.0 Å². The Kier molecular flexibility index (Phi) is 4.60. The second-order valence-electron chi connectivity index (χ2n) is 6.80. The van der Waals surface area contributed by atoms with Crippen LogP contribution in [0, 0.1) is 5.92 Å². The molecule has 3 rings (SSSR count). The molecule has 24 heavy (non-hydrogen) atoms. The SMILES string of the molecule is CC(CN(C(=O)CCc1cn(C)c2ccccc12)C1CC1)C(=O)O. The summed E-state index contributed by atoms with van der Waals surface area (Å²) in [5.74, 6) is -1.30. The number of aromatic nitrogens is 1. The van der Waals surface area contributed by atoms with E-state index in [0.29, 0.717) is 19.4 Å². The summed E-state index contributed by atoms with van der Waals surface area (Å²) in [7, 11) is 2.01. The van der Waals surface area contributed by atoms with Crippen LogP contribution in [0.3, 0.4) is 0 Å². The Morgan fingerprint density at radius 2 is 2.04 bits per heavy atom. The highest BCUT2D eigenvalue weighted by molar-refractivity contribution is 5.85. The lowest BCUT2D eigenvalue weighted by atomic mass is 10.1. The minimum absolute atomic E-state index is 0.0681. The topological polar surface area (TPSA) is 62.5 Å². The van der Waals surface area contributed by atoms with Crippen LogP contribution in [0.4, 0.5) is 0 Å². The molecule has 0 radical (unpaired) electrons. The molecule has 5 nitrogen and oxygen atoms in total. The lowest BCUT2D eigenvalue weighted by Crippen LogP contribution is -2.38. The Bertz CT molecular complexity index is 761. The van der Waals surface area contributed by atoms with E-state index in [4.69, 9.17) is 5.11 Å². The van der Waals surface area contributed by atoms with Gasteiger partial charge >= 0.3 is 5.97 Å². The number of amides is 1. The van der Waals surface area contributed by atoms with Crippen LogP contribution in [0.25, 0.3) is 10.9 Å². The van der Waals surface area contributed by atoms with Crippen LogP contribution in [0.15, 0.2) is 30.5 Å². The Hall–Kier alpha value is -2.30. The Morgan fingerprint density at radius 1 is 1.33 bits per heavy atom. The van der Waals surface area contributed by atoms with Crippen LogP contribution in [-0.4, -0.2) is 39.0 Å². The lowest BCUT2D eigenvalue weighted by molar-refractivity contribution is -0.143. The van der Waals surface area contributed by atoms with Gasteiger partial charge in [0.05, 0.1) is 5.92 Å². The number of carbonyl (C=O) groups excluding carboxylic acids is 1. The molecule has 1 atom stereocenters. The van der Waals surface area contributed by atoms with Crippen molar-refractivity contribution in [3.8, 4) is 0 Å². The van der Waals surface area contributed by atoms with Crippen molar-refractivity contribution in [2.24, 2.45) is 13.0 Å². The molecule has 1 unspecified atom stereocenters. The highest BCUT2D eigenvalue weighted by Crippen LogP contribution is 2.29. The second-order valence-corrected chi connectivity index (χ2v) is 6.80. The molecular formula is C19H24N2O3. The zero-order valence-corrected chi connectivity index (χ0v) is 14.2. The Balaban J connectivity index is 1.68. The average molecular weight is 328 g/mol. The maximum Gasteiger partial charge on any atom is 0.308 e. The number of carboxylic acids is 1. The van der Waals surface area contributed by atoms with Crippen molar-refractivity contribution in [2.75, 3.05) is 6.54 Å². The highest BCUT2D eigenvalue weighted by Gasteiger charge is 2.34. The summed E-state index contributed by atoms with van der Waals surface area (Å²) in [5, 5.41) is 10.3. The number of carbonyl (C=O) groups is 2. The van der Waals surface area contributed by atoms with Gasteiger partial charge in [-0.15, -0.1) is 0 Å². The van der Waals surface area contributed by atoms with Gasteiger partial charge in [-0.05, 0) is 30.9 Å². The van der Waals surface area contributed by atoms with Gasteiger partial charge < -0.3 is 14.6 Å². The molecule has 1 aromatic heterocycles. The summed E-state index contributed by atoms with van der Waals surface area (Å²) < 4.78 is 2.08. The van der Waals surface area contributed by atoms with Gasteiger partial charge in [0.25, 0.3) is 0 Å². The van der Waals surface area contributed by atoms with E-state index in [9.17, 15) is 9.59 Å². The van der Waals surface area contributed by atoms with E-state index < -0.39 is 11.9 Å². The molecule has 1 aromatic carbocycles. The first-order valence-corrected chi connectivity index (χ1v) is 8.52. The number of hydrogen-bond donors (Lipinski definition) is 1. The number of rotatable bonds is 7. The van der Waals surface area contributed by atoms with E-state index in [0.717, 1.165) is 12.8 Å². The number of carboxylic acid groups (broad SMARTS) is 1. The van der Waals surface area contributed by atoms with E-state index in [1.54, 1.807) is 11.8 Å². The molecule has 2 aromatic rings. The van der Waals surface area contributed by atoms with Crippen molar-refractivity contribution in [3.63, 3.8) is 0 Å². The van der Waals surface area contributed by atoms with Crippen molar-refractivity contribution >= 4 is 22.8 Å². The van der Waals surface area contributed by atoms with E-state index >= 15 is 0 Å². The molecule has 0 saturated heterocycles. The van der Waals surface area contributed by atoms with Gasteiger partial charge in [-0.1, -0.05) is 25.1 Å². The van der Waals surface area contributed by atoms with Crippen LogP contribution >= 0.6 is 0 Å². The van der Waals surface area contributed by atoms with E-state index in [-0.39, 0.29) is 11.9 Å². The fourth-order valence-electron chi connectivity index (χ4n) is 3.22. The number of nitrogens with zero attached hydrogens (tertiary/aromatic N) is 2. The van der Waals surface area contributed by atoms with Gasteiger partial charge in [0.1, 0.15) is 0 Å². The fraction of sp³-hybridized carbons (Fsp3) is 0.474. The van der Waals surface area contributed by atoms with Crippen molar-refractivity contribution in [1.29, 1.82) is 0 Å². The first-order valence-electron chi connectivity index (χ1n) is 8.52. The molecule has 1 saturated carbocycles. The minimum atomic E-state index is -0.845. The predicted octanol–water partition coefficient (Wildman–Crippen LogP) is 2.82. The van der Waals surface area contributed by atoms with E-state index in [2.05, 4.69) is 22.9 Å². The molecule has 1 amide bonds. The first kappa shape index (κ1) is 16.6. The van der Waals surface area contributed by atoms with Crippen LogP contribution in [0.2, 0.25) is 0 Å². The van der Waals surface area contributed by atoms with Gasteiger partial charge in [-0.3, -0.25) is 9.59 Å². The minimum Gasteiger partial charge on any atom is -0.481 e. The number of aliphatic carboxylic acids is 1. The molecule has 0 aliphatic heterocycles. The molecule has 1 aliphatic carbocycles. The average Bonchev–Trinajstić information content (AvgIpc) is 3.35. The number of aryl methyl sites for hydroxylation is 2. The largest absolute Gasteiger partial charge is 0.481 e. The van der Waals surface area contributed by atoms with Gasteiger partial charge in [-0.25, -0.2) is 0 Å². The lowest BCUT2D eigenvalue weighted by Gasteiger charge is -2.24. The summed E-state index contributed by atoms with van der Waals surface area (Å²) in [5.41, 5.74) is 2.34. The molecule has 0 bridgehead atoms. The zero-order chi connectivity index (χ0) is 17.3. The number of benzene rings is 1. The van der Waals surface area contributed by atoms with Gasteiger partial charge in [0, 0.05) is 43.2 Å². The monoisotopic (exact) mass is 328 g/mol. The Labute approximate surface area is 141 Å². The van der Waals surface area contributed by atoms with Crippen molar-refractivity contribution in [1.82, 2.24) is 9.47 Å². The summed E-state index contributed by atoms with van der Waals surface area (Å²) >= 11 is 0. The normalized spacial score (nSPS) is 15.4. The number of para-hydroxylation sites is 1. The van der Waals surface area contributed by atoms with Gasteiger partial charge in [-0.2, -0.15) is 0 Å². The van der Waals surface area contributed by atoms with Crippen LogP contribution in [-0.2, 0) is 23.1 Å². The third-order valence-corrected chi connectivity index (χ3v) is 4.79. The summed E-state index contributed by atoms with van der Waals surface area (Å²) in [6.45, 7) is 1.98. The molecule has 1 fully saturated rings. The molecule has 1 heterocycles. The maximum atomic E-state index is 12.6. The van der Waals surface area contributed by atoms with Crippen molar-refractivity contribution in [2.45, 2.75) is 38.6 Å². The summed E-state index contributed by atoms with van der Waals surface area (Å²) in [6.07, 6.45) is 5.18. The first-order chi connectivity index (χ1) is 11.5.